The molecule has 1 saturated heterocycles. The topological polar surface area (TPSA) is 139 Å². The van der Waals surface area contributed by atoms with Crippen LogP contribution in [0.4, 0.5) is 5.69 Å². The Hall–Kier alpha value is -2.94. The standard InChI is InChI=1S/C23H31N5O4/c1-13(2)10-16(27(3)21(32)23(25)8-9-23)19(30)28-12-22(11-17(28)18(24)29)14-6-4-5-7-15(14)26-20(22)31/h4-7,13,16-17H,8-12,25H2,1-3H3,(H2,24,29)(H,26,31)/t16-,17-,22-/m0/s1. The van der Waals surface area contributed by atoms with Crippen molar-refractivity contribution in [3.63, 3.8) is 0 Å². The molecule has 32 heavy (non-hydrogen) atoms. The number of anilines is 1. The van der Waals surface area contributed by atoms with E-state index < -0.39 is 28.9 Å². The molecule has 4 amide bonds. The number of likely N-dealkylation sites (tertiary alicyclic amines) is 1. The van der Waals surface area contributed by atoms with Crippen molar-refractivity contribution >= 4 is 29.3 Å². The third-order valence-electron chi connectivity index (χ3n) is 7.08. The van der Waals surface area contributed by atoms with Crippen LogP contribution >= 0.6 is 0 Å². The molecular weight excluding hydrogens is 410 g/mol. The highest BCUT2D eigenvalue weighted by molar-refractivity contribution is 6.08. The molecule has 9 nitrogen and oxygen atoms in total. The fourth-order valence-corrected chi connectivity index (χ4v) is 5.03. The van der Waals surface area contributed by atoms with Crippen molar-refractivity contribution in [3.8, 4) is 0 Å². The van der Waals surface area contributed by atoms with Crippen LogP contribution in [0, 0.1) is 5.92 Å². The van der Waals surface area contributed by atoms with Gasteiger partial charge in [-0.1, -0.05) is 32.0 Å². The van der Waals surface area contributed by atoms with E-state index in [9.17, 15) is 19.2 Å². The fraction of sp³-hybridized carbons (Fsp3) is 0.565. The molecule has 1 aliphatic carbocycles. The number of benzene rings is 1. The summed E-state index contributed by atoms with van der Waals surface area (Å²) >= 11 is 0. The Morgan fingerprint density at radius 3 is 2.50 bits per heavy atom. The van der Waals surface area contributed by atoms with Crippen LogP contribution in [-0.4, -0.2) is 64.6 Å². The molecule has 3 atom stereocenters. The van der Waals surface area contributed by atoms with Crippen molar-refractivity contribution in [2.45, 2.75) is 62.6 Å². The summed E-state index contributed by atoms with van der Waals surface area (Å²) in [5.41, 5.74) is 11.3. The minimum absolute atomic E-state index is 0.0344. The van der Waals surface area contributed by atoms with Gasteiger partial charge in [-0.25, -0.2) is 0 Å². The van der Waals surface area contributed by atoms with Crippen LogP contribution in [0.5, 0.6) is 0 Å². The maximum Gasteiger partial charge on any atom is 0.246 e. The minimum Gasteiger partial charge on any atom is -0.368 e. The number of rotatable bonds is 6. The van der Waals surface area contributed by atoms with E-state index in [1.807, 2.05) is 32.0 Å². The van der Waals surface area contributed by atoms with Gasteiger partial charge in [-0.05, 0) is 43.2 Å². The number of amides is 4. The number of likely N-dealkylation sites (N-methyl/N-ethyl adjacent to an activating group) is 1. The number of carbonyl (C=O) groups excluding carboxylic acids is 4. The predicted molar refractivity (Wildman–Crippen MR) is 118 cm³/mol. The van der Waals surface area contributed by atoms with Gasteiger partial charge in [0.25, 0.3) is 0 Å². The Morgan fingerprint density at radius 2 is 1.91 bits per heavy atom. The molecule has 0 aromatic heterocycles. The number of para-hydroxylation sites is 1. The third kappa shape index (κ3) is 3.44. The van der Waals surface area contributed by atoms with Gasteiger partial charge in [0.2, 0.25) is 23.6 Å². The lowest BCUT2D eigenvalue weighted by Gasteiger charge is -2.35. The maximum atomic E-state index is 13.8. The van der Waals surface area contributed by atoms with E-state index in [1.165, 1.54) is 9.80 Å². The predicted octanol–water partition coefficient (Wildman–Crippen LogP) is 0.327. The van der Waals surface area contributed by atoms with Gasteiger partial charge in [0, 0.05) is 19.3 Å². The molecule has 0 unspecified atom stereocenters. The second-order valence-corrected chi connectivity index (χ2v) is 9.89. The number of nitrogens with two attached hydrogens (primary N) is 2. The quantitative estimate of drug-likeness (QED) is 0.584. The highest BCUT2D eigenvalue weighted by Gasteiger charge is 2.58. The smallest absolute Gasteiger partial charge is 0.246 e. The molecule has 1 spiro atoms. The molecule has 0 radical (unpaired) electrons. The Morgan fingerprint density at radius 1 is 1.25 bits per heavy atom. The molecule has 1 aromatic rings. The number of hydrogen-bond donors (Lipinski definition) is 3. The molecule has 2 heterocycles. The van der Waals surface area contributed by atoms with Crippen LogP contribution in [0.15, 0.2) is 24.3 Å². The van der Waals surface area contributed by atoms with Gasteiger partial charge in [0.05, 0.1) is 11.0 Å². The lowest BCUT2D eigenvalue weighted by atomic mass is 9.79. The van der Waals surface area contributed by atoms with Crippen LogP contribution in [-0.2, 0) is 24.6 Å². The average Bonchev–Trinajstić information content (AvgIpc) is 3.27. The van der Waals surface area contributed by atoms with Crippen LogP contribution < -0.4 is 16.8 Å². The first kappa shape index (κ1) is 22.3. The molecule has 2 aliphatic heterocycles. The summed E-state index contributed by atoms with van der Waals surface area (Å²) in [6.07, 6.45) is 1.71. The van der Waals surface area contributed by atoms with Crippen molar-refractivity contribution in [1.29, 1.82) is 0 Å². The highest BCUT2D eigenvalue weighted by atomic mass is 16.2. The SMILES string of the molecule is CC(C)C[C@@H](C(=O)N1C[C@]2(C[C@H]1C(N)=O)C(=O)Nc1ccccc12)N(C)C(=O)C1(N)CC1. The van der Waals surface area contributed by atoms with Gasteiger partial charge in [-0.3, -0.25) is 19.2 Å². The molecule has 3 aliphatic rings. The maximum absolute atomic E-state index is 13.8. The Labute approximate surface area is 187 Å². The molecular formula is C23H31N5O4. The van der Waals surface area contributed by atoms with Gasteiger partial charge >= 0.3 is 0 Å². The Kier molecular flexibility index (Phi) is 5.27. The molecule has 4 rings (SSSR count). The zero-order chi connectivity index (χ0) is 23.4. The van der Waals surface area contributed by atoms with Crippen molar-refractivity contribution in [2.75, 3.05) is 18.9 Å². The molecule has 5 N–H and O–H groups in total. The zero-order valence-corrected chi connectivity index (χ0v) is 18.8. The van der Waals surface area contributed by atoms with E-state index >= 15 is 0 Å². The number of primary amides is 1. The summed E-state index contributed by atoms with van der Waals surface area (Å²) < 4.78 is 0. The summed E-state index contributed by atoms with van der Waals surface area (Å²) in [4.78, 5) is 55.0. The van der Waals surface area contributed by atoms with Crippen molar-refractivity contribution < 1.29 is 19.2 Å². The minimum atomic E-state index is -1.04. The second-order valence-electron chi connectivity index (χ2n) is 9.89. The number of fused-ring (bicyclic) bond motifs is 2. The summed E-state index contributed by atoms with van der Waals surface area (Å²) in [6.45, 7) is 3.96. The monoisotopic (exact) mass is 441 g/mol. The van der Waals surface area contributed by atoms with Crippen molar-refractivity contribution in [2.24, 2.45) is 17.4 Å². The first-order valence-electron chi connectivity index (χ1n) is 11.1. The van der Waals surface area contributed by atoms with E-state index in [0.29, 0.717) is 24.9 Å². The number of carbonyl (C=O) groups is 4. The highest BCUT2D eigenvalue weighted by Crippen LogP contribution is 2.46. The lowest BCUT2D eigenvalue weighted by molar-refractivity contribution is -0.148. The van der Waals surface area contributed by atoms with Gasteiger partial charge in [-0.15, -0.1) is 0 Å². The average molecular weight is 442 g/mol. The summed E-state index contributed by atoms with van der Waals surface area (Å²) in [5.74, 6) is -1.45. The zero-order valence-electron chi connectivity index (χ0n) is 18.8. The van der Waals surface area contributed by atoms with Crippen LogP contribution in [0.3, 0.4) is 0 Å². The van der Waals surface area contributed by atoms with Crippen molar-refractivity contribution in [1.82, 2.24) is 9.80 Å². The molecule has 9 heteroatoms. The van der Waals surface area contributed by atoms with Crippen LogP contribution in [0.1, 0.15) is 45.1 Å². The van der Waals surface area contributed by atoms with E-state index in [2.05, 4.69) is 5.32 Å². The van der Waals surface area contributed by atoms with Gasteiger partial charge < -0.3 is 26.6 Å². The normalized spacial score (nSPS) is 26.1. The summed E-state index contributed by atoms with van der Waals surface area (Å²) in [5, 5.41) is 2.87. The van der Waals surface area contributed by atoms with E-state index in [1.54, 1.807) is 13.1 Å². The largest absolute Gasteiger partial charge is 0.368 e. The van der Waals surface area contributed by atoms with E-state index in [-0.39, 0.29) is 36.6 Å². The van der Waals surface area contributed by atoms with Gasteiger partial charge in [-0.2, -0.15) is 0 Å². The molecule has 172 valence electrons. The first-order chi connectivity index (χ1) is 15.0. The molecule has 2 fully saturated rings. The first-order valence-corrected chi connectivity index (χ1v) is 11.1. The molecule has 0 bridgehead atoms. The number of hydrogen-bond acceptors (Lipinski definition) is 5. The fourth-order valence-electron chi connectivity index (χ4n) is 5.03. The Bertz CT molecular complexity index is 988. The Balaban J connectivity index is 1.68. The van der Waals surface area contributed by atoms with Crippen molar-refractivity contribution in [3.05, 3.63) is 29.8 Å². The number of nitrogens with zero attached hydrogens (tertiary/aromatic N) is 2. The summed E-state index contributed by atoms with van der Waals surface area (Å²) in [7, 11) is 1.59. The van der Waals surface area contributed by atoms with E-state index in [0.717, 1.165) is 5.56 Å². The lowest BCUT2D eigenvalue weighted by Crippen LogP contribution is -2.57. The second kappa shape index (κ2) is 7.58. The summed E-state index contributed by atoms with van der Waals surface area (Å²) in [6, 6.07) is 5.56. The number of nitrogens with one attached hydrogen (secondary N) is 1. The van der Waals surface area contributed by atoms with Crippen LogP contribution in [0.25, 0.3) is 0 Å². The molecule has 1 aromatic carbocycles. The van der Waals surface area contributed by atoms with E-state index in [4.69, 9.17) is 11.5 Å². The van der Waals surface area contributed by atoms with Gasteiger partial charge in [0.15, 0.2) is 0 Å². The third-order valence-corrected chi connectivity index (χ3v) is 7.08. The molecule has 1 saturated carbocycles. The van der Waals surface area contributed by atoms with Gasteiger partial charge in [0.1, 0.15) is 12.1 Å². The van der Waals surface area contributed by atoms with Crippen LogP contribution in [0.2, 0.25) is 0 Å².